The third-order valence-electron chi connectivity index (χ3n) is 19.3. The van der Waals surface area contributed by atoms with Crippen molar-refractivity contribution < 1.29 is 71.9 Å². The van der Waals surface area contributed by atoms with Crippen molar-refractivity contribution in [3.05, 3.63) is 152 Å². The Kier molecular flexibility index (Phi) is 27.4. The van der Waals surface area contributed by atoms with Gasteiger partial charge in [-0.25, -0.2) is 39.7 Å². The zero-order chi connectivity index (χ0) is 79.9. The van der Waals surface area contributed by atoms with Gasteiger partial charge in [0.2, 0.25) is 23.7 Å². The highest BCUT2D eigenvalue weighted by atomic mass is 33.1. The number of nitrogen functional groups attached to an aromatic ring is 1. The molecule has 4 aromatic heterocycles. The molecule has 5 aromatic rings. The zero-order valence-corrected chi connectivity index (χ0v) is 65.1. The minimum atomic E-state index is -1.23. The summed E-state index contributed by atoms with van der Waals surface area (Å²) in [4.78, 5) is 162. The molecule has 7 heterocycles. The molecule has 0 unspecified atom stereocenters. The van der Waals surface area contributed by atoms with E-state index in [2.05, 4.69) is 68.6 Å². The first-order chi connectivity index (χ1) is 52.2. The molecule has 4 aliphatic rings. The number of ether oxygens (including phenoxy) is 5. The lowest BCUT2D eigenvalue weighted by Gasteiger charge is -2.36. The summed E-state index contributed by atoms with van der Waals surface area (Å²) in [7, 11) is 6.20. The largest absolute Gasteiger partial charge is 0.480 e. The van der Waals surface area contributed by atoms with Gasteiger partial charge in [0.15, 0.2) is 11.2 Å². The molecular weight excluding hydrogens is 1460 g/mol. The number of carboxylic acids is 1. The number of hydrazine groups is 1. The number of fused-ring (bicyclic) bond motifs is 12. The van der Waals surface area contributed by atoms with E-state index in [1.54, 1.807) is 42.5 Å². The normalized spacial score (nSPS) is 15.5. The maximum absolute atomic E-state index is 14.0. The van der Waals surface area contributed by atoms with Crippen LogP contribution in [0.4, 0.5) is 16.4 Å². The summed E-state index contributed by atoms with van der Waals surface area (Å²) in [5.74, 6) is -5.53. The van der Waals surface area contributed by atoms with E-state index >= 15 is 0 Å². The summed E-state index contributed by atoms with van der Waals surface area (Å²) >= 11 is 0. The summed E-state index contributed by atoms with van der Waals surface area (Å²) in [5.41, 5.74) is 18.9. The maximum atomic E-state index is 14.0. The second-order valence-electron chi connectivity index (χ2n) is 28.1. The van der Waals surface area contributed by atoms with Gasteiger partial charge >= 0.3 is 30.0 Å². The van der Waals surface area contributed by atoms with Crippen LogP contribution in [0.2, 0.25) is 0 Å². The van der Waals surface area contributed by atoms with E-state index in [0.717, 1.165) is 44.2 Å². The highest BCUT2D eigenvalue weighted by Gasteiger charge is 2.53. The number of hydrogen-bond donors (Lipinski definition) is 11. The van der Waals surface area contributed by atoms with Crippen LogP contribution in [0.15, 0.2) is 89.9 Å². The van der Waals surface area contributed by atoms with Gasteiger partial charge in [0, 0.05) is 94.6 Å². The van der Waals surface area contributed by atoms with Gasteiger partial charge < -0.3 is 65.8 Å². The van der Waals surface area contributed by atoms with E-state index in [4.69, 9.17) is 39.4 Å². The lowest BCUT2D eigenvalue weighted by atomic mass is 9.64. The topological polar surface area (TPSA) is 447 Å². The maximum Gasteiger partial charge on any atom is 0.426 e. The van der Waals surface area contributed by atoms with Crippen LogP contribution >= 0.6 is 21.6 Å². The zero-order valence-electron chi connectivity index (χ0n) is 63.5. The third-order valence-corrected chi connectivity index (χ3v) is 21.7. The molecule has 12 N–H and O–H groups in total. The molecule has 5 amide bonds. The summed E-state index contributed by atoms with van der Waals surface area (Å²) in [5, 5.41) is 21.7. The molecule has 0 radical (unpaired) electrons. The molecule has 9 rings (SSSR count). The second-order valence-corrected chi connectivity index (χ2v) is 30.7. The Bertz CT molecular complexity index is 4860. The number of benzene rings is 1. The van der Waals surface area contributed by atoms with Crippen LogP contribution in [-0.2, 0) is 75.6 Å². The molecule has 8 bridgehead atoms. The fourth-order valence-electron chi connectivity index (χ4n) is 13.0. The van der Waals surface area contributed by atoms with Gasteiger partial charge in [0.1, 0.15) is 18.6 Å². The first-order valence-corrected chi connectivity index (χ1v) is 38.1. The number of amides is 5. The SMILES string of the molecule is C=CC1=C(C)c2cc3[nH]c(cc4nc(cc5[nH]c(cc1n2)c(C)c5CCC(=O)NNC(=O)OCCSSC[C@@H](NC(=O)CCC(C)(C)OCCC(C)(C)NC(=O)CC[C@@H](C)NC(=O)c1ccc(NCc2cnc5nc(N)[nH]c(=O)c5n2)cc1)C(=O)O)C(CCC(=O)OC)=C4C)[C@]1(C)C3=CC=C(C(=O)OC)[C@@H]1C(=O)OC. The lowest BCUT2D eigenvalue weighted by Crippen LogP contribution is -2.45. The van der Waals surface area contributed by atoms with Crippen LogP contribution in [0.25, 0.3) is 50.1 Å². The number of aliphatic carboxylic acids is 1. The molecule has 0 fully saturated rings. The number of anilines is 2. The summed E-state index contributed by atoms with van der Waals surface area (Å²) in [6.07, 6.45) is 7.19. The highest BCUT2D eigenvalue weighted by Crippen LogP contribution is 2.53. The number of nitrogens with one attached hydrogen (secondary N) is 9. The number of carbonyl (C=O) groups is 9. The Morgan fingerprint density at radius 2 is 1.49 bits per heavy atom. The van der Waals surface area contributed by atoms with E-state index < -0.39 is 75.9 Å². The van der Waals surface area contributed by atoms with Gasteiger partial charge in [-0.3, -0.25) is 44.0 Å². The predicted octanol–water partition coefficient (Wildman–Crippen LogP) is 8.91. The second kappa shape index (κ2) is 36.3. The van der Waals surface area contributed by atoms with Crippen LogP contribution in [0.1, 0.15) is 168 Å². The fourth-order valence-corrected chi connectivity index (χ4v) is 15.0. The van der Waals surface area contributed by atoms with E-state index in [9.17, 15) is 53.1 Å². The van der Waals surface area contributed by atoms with Crippen molar-refractivity contribution in [2.24, 2.45) is 5.92 Å². The molecule has 0 spiro atoms. The summed E-state index contributed by atoms with van der Waals surface area (Å²) in [6, 6.07) is 12.7. The fraction of sp³-hybridized carbons (Fsp3) is 0.416. The molecule has 4 atom stereocenters. The van der Waals surface area contributed by atoms with E-state index in [-0.39, 0.29) is 117 Å². The molecule has 1 aromatic carbocycles. The number of allylic oxidation sites excluding steroid dienone is 8. The molecule has 110 heavy (non-hydrogen) atoms. The number of rotatable bonds is 33. The number of carbonyl (C=O) groups excluding carboxylic acids is 8. The summed E-state index contributed by atoms with van der Waals surface area (Å²) in [6.45, 7) is 21.3. The molecule has 0 saturated carbocycles. The van der Waals surface area contributed by atoms with Gasteiger partial charge in [0.05, 0.1) is 79.1 Å². The number of aryl methyl sites for hydroxylation is 2. The van der Waals surface area contributed by atoms with E-state index in [0.29, 0.717) is 80.6 Å². The van der Waals surface area contributed by atoms with Crippen LogP contribution < -0.4 is 43.4 Å². The number of aromatic nitrogens is 8. The predicted molar refractivity (Wildman–Crippen MR) is 418 cm³/mol. The monoisotopic (exact) mass is 1550 g/mol. The van der Waals surface area contributed by atoms with Gasteiger partial charge in [-0.1, -0.05) is 46.4 Å². The Balaban J connectivity index is 0.712. The van der Waals surface area contributed by atoms with Crippen LogP contribution in [0.3, 0.4) is 0 Å². The number of H-pyrrole nitrogens is 3. The molecule has 1 aliphatic carbocycles. The van der Waals surface area contributed by atoms with Gasteiger partial charge in [-0.15, -0.1) is 0 Å². The highest BCUT2D eigenvalue weighted by molar-refractivity contribution is 8.76. The molecule has 0 saturated heterocycles. The van der Waals surface area contributed by atoms with Gasteiger partial charge in [-0.2, -0.15) is 4.98 Å². The molecule has 33 heteroatoms. The van der Waals surface area contributed by atoms with Crippen molar-refractivity contribution in [3.63, 3.8) is 0 Å². The van der Waals surface area contributed by atoms with Crippen LogP contribution in [-0.4, -0.2) is 168 Å². The standard InChI is InChI=1S/C77H93N15O16S2/c1-14-47-41(3)53-34-58-51-23-20-50(71(101)105-12)65(72(102)106-13)77(51,10)60(86-58)36-54-43(5)49(22-26-64(96)104-11)57(85-54)35-56-48(42(4)52(84-56)33-55(47)83-53)21-25-63(95)91-92-74(103)107-31-32-109-110-39-59(70(99)100)87-61(93)27-28-76(8,9)108-30-29-75(6,7)90-62(94)24-15-40(2)81-68(97)44-16-18-45(19-17-44)79-37-46-38-80-67-66(82-46)69(98)89-73(78)88-67/h14,16-20,23,33-36,38,40,59,65,79,84,86H,1,15,21-22,24-32,37,39H2,2-13H3,(H,81,97)(H,87,93)(H,90,94)(H,91,95)(H,92,103)(H,99,100)(H3,78,80,88,89,98)/t40-,59-,65-,77+/m1/s1. The Morgan fingerprint density at radius 1 is 0.764 bits per heavy atom. The molecule has 31 nitrogen and oxygen atoms in total. The first kappa shape index (κ1) is 82.9. The quantitative estimate of drug-likeness (QED) is 0.00613. The third kappa shape index (κ3) is 20.6. The average molecular weight is 1550 g/mol. The molecule has 3 aliphatic heterocycles. The van der Waals surface area contributed by atoms with Crippen molar-refractivity contribution in [1.82, 2.24) is 66.7 Å². The molecular formula is C77H93N15O16S2. The van der Waals surface area contributed by atoms with Crippen LogP contribution in [0, 0.1) is 12.8 Å². The number of methoxy groups -OCH3 is 3. The van der Waals surface area contributed by atoms with Crippen LogP contribution in [0.5, 0.6) is 0 Å². The Hall–Kier alpha value is -11.2. The number of carboxylic acid groups (broad SMARTS) is 1. The van der Waals surface area contributed by atoms with Crippen molar-refractivity contribution in [1.29, 1.82) is 0 Å². The summed E-state index contributed by atoms with van der Waals surface area (Å²) < 4.78 is 27.0. The number of esters is 3. The number of nitrogens with zero attached hydrogens (tertiary/aromatic N) is 5. The lowest BCUT2D eigenvalue weighted by molar-refractivity contribution is -0.149. The van der Waals surface area contributed by atoms with Crippen molar-refractivity contribution in [2.45, 2.75) is 155 Å². The number of nitrogens with two attached hydrogens (primary N) is 1. The Labute approximate surface area is 642 Å². The molecule has 584 valence electrons. The van der Waals surface area contributed by atoms with Gasteiger partial charge in [0.25, 0.3) is 11.5 Å². The average Bonchev–Trinajstić information content (AvgIpc) is 1.54. The smallest absolute Gasteiger partial charge is 0.426 e. The number of hydrogen-bond acceptors (Lipinski definition) is 24. The van der Waals surface area contributed by atoms with Gasteiger partial charge in [-0.05, 0) is 176 Å². The first-order valence-electron chi connectivity index (χ1n) is 35.6. The van der Waals surface area contributed by atoms with E-state index in [1.807, 2.05) is 86.6 Å². The van der Waals surface area contributed by atoms with Crippen molar-refractivity contribution in [2.75, 3.05) is 57.1 Å². The number of aromatic amines is 3. The minimum absolute atomic E-state index is 0.00241. The van der Waals surface area contributed by atoms with Crippen molar-refractivity contribution >= 4 is 137 Å². The minimum Gasteiger partial charge on any atom is -0.480 e. The van der Waals surface area contributed by atoms with E-state index in [1.165, 1.54) is 38.3 Å². The Morgan fingerprint density at radius 3 is 2.20 bits per heavy atom. The van der Waals surface area contributed by atoms with Crippen molar-refractivity contribution in [3.8, 4) is 0 Å².